The van der Waals surface area contributed by atoms with Crippen molar-refractivity contribution in [3.8, 4) is 0 Å². The van der Waals surface area contributed by atoms with E-state index < -0.39 is 11.7 Å². The first-order valence-corrected chi connectivity index (χ1v) is 11.0. The van der Waals surface area contributed by atoms with Gasteiger partial charge in [-0.1, -0.05) is 19.9 Å². The lowest BCUT2D eigenvalue weighted by atomic mass is 9.91. The van der Waals surface area contributed by atoms with Crippen LogP contribution in [-0.2, 0) is 23.9 Å². The second kappa shape index (κ2) is 8.77. The zero-order valence-corrected chi connectivity index (χ0v) is 19.3. The van der Waals surface area contributed by atoms with Crippen molar-refractivity contribution in [2.45, 2.75) is 53.3 Å². The summed E-state index contributed by atoms with van der Waals surface area (Å²) in [5, 5.41) is 3.04. The maximum Gasteiger partial charge on any atom is 0.416 e. The highest BCUT2D eigenvalue weighted by Gasteiger charge is 2.31. The molecule has 31 heavy (non-hydrogen) atoms. The molecule has 2 aromatic carbocycles. The predicted molar refractivity (Wildman–Crippen MR) is 123 cm³/mol. The van der Waals surface area contributed by atoms with Gasteiger partial charge in [-0.25, -0.2) is 0 Å². The first kappa shape index (κ1) is 23.5. The van der Waals surface area contributed by atoms with Gasteiger partial charge in [-0.3, -0.25) is 4.79 Å². The summed E-state index contributed by atoms with van der Waals surface area (Å²) in [6.45, 7) is 9.15. The largest absolute Gasteiger partial charge is 0.416 e. The molecule has 1 N–H and O–H groups in total. The van der Waals surface area contributed by atoms with Crippen molar-refractivity contribution in [2.75, 3.05) is 22.5 Å². The number of nitrogens with one attached hydrogen (secondary N) is 1. The quantitative estimate of drug-likeness (QED) is 0.534. The molecule has 0 bridgehead atoms. The van der Waals surface area contributed by atoms with Gasteiger partial charge in [0.15, 0.2) is 0 Å². The average Bonchev–Trinajstić information content (AvgIpc) is 2.68. The van der Waals surface area contributed by atoms with E-state index >= 15 is 0 Å². The molecule has 1 amide bonds. The van der Waals surface area contributed by atoms with Crippen molar-refractivity contribution in [1.29, 1.82) is 0 Å². The number of halogens is 3. The number of aryl methyl sites for hydroxylation is 2. The fourth-order valence-electron chi connectivity index (χ4n) is 3.94. The maximum atomic E-state index is 13.0. The van der Waals surface area contributed by atoms with Gasteiger partial charge in [0.05, 0.1) is 5.56 Å². The van der Waals surface area contributed by atoms with Crippen LogP contribution < -0.4 is 10.2 Å². The summed E-state index contributed by atoms with van der Waals surface area (Å²) in [5.74, 6) is 0.587. The highest BCUT2D eigenvalue weighted by Crippen LogP contribution is 2.34. The number of alkyl halides is 3. The van der Waals surface area contributed by atoms with Gasteiger partial charge in [0.25, 0.3) is 0 Å². The first-order valence-electron chi connectivity index (χ1n) is 10.4. The van der Waals surface area contributed by atoms with Crippen molar-refractivity contribution >= 4 is 29.9 Å². The summed E-state index contributed by atoms with van der Waals surface area (Å²) in [7, 11) is 0. The van der Waals surface area contributed by atoms with Gasteiger partial charge in [-0.15, -0.1) is 0 Å². The lowest BCUT2D eigenvalue weighted by molar-refractivity contribution is -0.137. The van der Waals surface area contributed by atoms with Crippen LogP contribution in [0.3, 0.4) is 0 Å². The summed E-state index contributed by atoms with van der Waals surface area (Å²) >= 11 is 4.31. The predicted octanol–water partition coefficient (Wildman–Crippen LogP) is 6.17. The zero-order chi connectivity index (χ0) is 23.0. The number of anilines is 2. The zero-order valence-electron chi connectivity index (χ0n) is 18.4. The summed E-state index contributed by atoms with van der Waals surface area (Å²) in [6, 6.07) is 8.07. The molecule has 1 aliphatic heterocycles. The average molecular weight is 451 g/mol. The molecule has 3 rings (SSSR count). The molecule has 0 atom stereocenters. The van der Waals surface area contributed by atoms with Crippen molar-refractivity contribution < 1.29 is 18.0 Å². The van der Waals surface area contributed by atoms with Crippen molar-refractivity contribution in [1.82, 2.24) is 0 Å². The lowest BCUT2D eigenvalue weighted by Crippen LogP contribution is -2.31. The minimum atomic E-state index is -4.32. The van der Waals surface area contributed by atoms with Gasteiger partial charge in [0.2, 0.25) is 5.91 Å². The minimum absolute atomic E-state index is 0.0367. The van der Waals surface area contributed by atoms with E-state index in [1.165, 1.54) is 6.07 Å². The molecule has 0 saturated heterocycles. The molecule has 0 spiro atoms. The first-order chi connectivity index (χ1) is 14.4. The SMILES string of the molecule is Cc1cc(N2CCc3cc(C(F)(F)F)ccc3C2)cc(C)c1NC(=O)CC(C)(C)CS. The molecule has 1 aliphatic rings. The minimum Gasteiger partial charge on any atom is -0.367 e. The van der Waals surface area contributed by atoms with Crippen LogP contribution in [-0.4, -0.2) is 18.2 Å². The van der Waals surface area contributed by atoms with E-state index in [0.29, 0.717) is 31.7 Å². The van der Waals surface area contributed by atoms with Crippen LogP contribution in [0.1, 0.15) is 48.1 Å². The number of carbonyl (C=O) groups excluding carboxylic acids is 1. The van der Waals surface area contributed by atoms with Gasteiger partial charge in [0.1, 0.15) is 0 Å². The van der Waals surface area contributed by atoms with E-state index in [9.17, 15) is 18.0 Å². The summed E-state index contributed by atoms with van der Waals surface area (Å²) in [5.41, 5.74) is 4.66. The molecule has 0 saturated carbocycles. The Kier molecular flexibility index (Phi) is 6.65. The Morgan fingerprint density at radius 2 is 1.74 bits per heavy atom. The monoisotopic (exact) mass is 450 g/mol. The van der Waals surface area contributed by atoms with Crippen molar-refractivity contribution in [3.63, 3.8) is 0 Å². The Labute approximate surface area is 187 Å². The lowest BCUT2D eigenvalue weighted by Gasteiger charge is -2.32. The second-order valence-corrected chi connectivity index (χ2v) is 9.47. The third-order valence-electron chi connectivity index (χ3n) is 5.76. The highest BCUT2D eigenvalue weighted by atomic mass is 32.1. The van der Waals surface area contributed by atoms with Crippen molar-refractivity contribution in [2.24, 2.45) is 5.41 Å². The number of hydrogen-bond donors (Lipinski definition) is 2. The van der Waals surface area contributed by atoms with Gasteiger partial charge in [-0.05, 0) is 78.0 Å². The van der Waals surface area contributed by atoms with Crippen LogP contribution in [0, 0.1) is 19.3 Å². The number of carbonyl (C=O) groups is 1. The maximum absolute atomic E-state index is 13.0. The number of benzene rings is 2. The molecule has 0 aliphatic carbocycles. The van der Waals surface area contributed by atoms with E-state index in [2.05, 4.69) is 22.8 Å². The molecule has 0 aromatic heterocycles. The smallest absolute Gasteiger partial charge is 0.367 e. The molecule has 0 radical (unpaired) electrons. The highest BCUT2D eigenvalue weighted by molar-refractivity contribution is 7.80. The summed E-state index contributed by atoms with van der Waals surface area (Å²) in [4.78, 5) is 14.6. The van der Waals surface area contributed by atoms with Gasteiger partial charge < -0.3 is 10.2 Å². The third-order valence-corrected chi connectivity index (χ3v) is 6.62. The fourth-order valence-corrected chi connectivity index (χ4v) is 4.06. The molecule has 3 nitrogen and oxygen atoms in total. The van der Waals surface area contributed by atoms with Crippen LogP contribution in [0.15, 0.2) is 30.3 Å². The second-order valence-electron chi connectivity index (χ2n) is 9.15. The van der Waals surface area contributed by atoms with E-state index in [-0.39, 0.29) is 11.3 Å². The Morgan fingerprint density at radius 1 is 1.10 bits per heavy atom. The van der Waals surface area contributed by atoms with E-state index in [4.69, 9.17) is 0 Å². The molecule has 7 heteroatoms. The molecule has 1 heterocycles. The van der Waals surface area contributed by atoms with Crippen LogP contribution in [0.4, 0.5) is 24.5 Å². The molecular formula is C24H29F3N2OS. The molecule has 2 aromatic rings. The van der Waals surface area contributed by atoms with Crippen LogP contribution in [0.2, 0.25) is 0 Å². The Bertz CT molecular complexity index is 962. The molecular weight excluding hydrogens is 421 g/mol. The number of thiol groups is 1. The topological polar surface area (TPSA) is 32.3 Å². The van der Waals surface area contributed by atoms with E-state index in [0.717, 1.165) is 39.7 Å². The number of hydrogen-bond acceptors (Lipinski definition) is 3. The number of fused-ring (bicyclic) bond motifs is 1. The van der Waals surface area contributed by atoms with Crippen LogP contribution in [0.5, 0.6) is 0 Å². The van der Waals surface area contributed by atoms with Gasteiger partial charge in [0, 0.05) is 30.9 Å². The number of amides is 1. The Morgan fingerprint density at radius 3 is 2.32 bits per heavy atom. The van der Waals surface area contributed by atoms with Crippen molar-refractivity contribution in [3.05, 3.63) is 58.1 Å². The fraction of sp³-hybridized carbons (Fsp3) is 0.458. The molecule has 168 valence electrons. The number of rotatable bonds is 5. The van der Waals surface area contributed by atoms with Crippen LogP contribution >= 0.6 is 12.6 Å². The normalized spacial score (nSPS) is 14.4. The van der Waals surface area contributed by atoms with Crippen LogP contribution in [0.25, 0.3) is 0 Å². The Hall–Kier alpha value is -2.15. The summed E-state index contributed by atoms with van der Waals surface area (Å²) in [6.07, 6.45) is -3.36. The standard InChI is InChI=1S/C24H29F3N2OS/c1-15-9-20(10-16(2)22(15)28-21(30)12-23(3,4)14-31)29-8-7-17-11-19(24(25,26)27)6-5-18(17)13-29/h5-6,9-11,31H,7-8,12-14H2,1-4H3,(H,28,30). The third kappa shape index (κ3) is 5.56. The Balaban J connectivity index is 1.77. The van der Waals surface area contributed by atoms with E-state index in [1.54, 1.807) is 6.07 Å². The molecule has 0 fully saturated rings. The van der Waals surface area contributed by atoms with Gasteiger partial charge in [-0.2, -0.15) is 25.8 Å². The summed E-state index contributed by atoms with van der Waals surface area (Å²) < 4.78 is 39.0. The molecule has 0 unspecified atom stereocenters. The number of nitrogens with zero attached hydrogens (tertiary/aromatic N) is 1. The van der Waals surface area contributed by atoms with E-state index in [1.807, 2.05) is 39.8 Å². The van der Waals surface area contributed by atoms with Gasteiger partial charge >= 0.3 is 6.18 Å².